The minimum atomic E-state index is -0.486. The van der Waals surface area contributed by atoms with Gasteiger partial charge in [-0.3, -0.25) is 24.3 Å². The molecule has 0 bridgehead atoms. The van der Waals surface area contributed by atoms with Gasteiger partial charge in [-0.05, 0) is 35.9 Å². The van der Waals surface area contributed by atoms with Crippen molar-refractivity contribution in [3.05, 3.63) is 95.6 Å². The van der Waals surface area contributed by atoms with Crippen LogP contribution < -0.4 is 5.32 Å². The first kappa shape index (κ1) is 20.3. The van der Waals surface area contributed by atoms with Gasteiger partial charge < -0.3 is 9.84 Å². The molecular formula is C24H17N5O4. The van der Waals surface area contributed by atoms with E-state index in [4.69, 9.17) is 4.52 Å². The molecule has 1 aliphatic rings. The van der Waals surface area contributed by atoms with Gasteiger partial charge in [0.2, 0.25) is 17.6 Å². The highest BCUT2D eigenvalue weighted by Crippen LogP contribution is 2.23. The molecule has 1 aliphatic heterocycles. The minimum Gasteiger partial charge on any atom is -0.339 e. The van der Waals surface area contributed by atoms with E-state index in [1.807, 2.05) is 12.1 Å². The number of anilines is 1. The summed E-state index contributed by atoms with van der Waals surface area (Å²) in [5, 5.41) is 6.78. The maximum Gasteiger partial charge on any atom is 0.262 e. The van der Waals surface area contributed by atoms with Crippen LogP contribution in [0.4, 0.5) is 5.69 Å². The molecule has 9 heteroatoms. The lowest BCUT2D eigenvalue weighted by atomic mass is 10.1. The van der Waals surface area contributed by atoms with Gasteiger partial charge in [-0.1, -0.05) is 35.5 Å². The summed E-state index contributed by atoms with van der Waals surface area (Å²) >= 11 is 0. The molecule has 0 unspecified atom stereocenters. The predicted octanol–water partition coefficient (Wildman–Crippen LogP) is 2.96. The topological polar surface area (TPSA) is 118 Å². The highest BCUT2D eigenvalue weighted by Gasteiger charge is 2.36. The van der Waals surface area contributed by atoms with Gasteiger partial charge >= 0.3 is 0 Å². The standard InChI is InChI=1S/C24H17N5O4/c30-20(14-29-23(31)17-6-2-3-7-18(17)24(29)32)26-19-8-4-1-5-16(19)13-21-27-22(28-33-21)15-9-11-25-12-10-15/h1-12H,13-14H2,(H,26,30). The van der Waals surface area contributed by atoms with Gasteiger partial charge in [0.25, 0.3) is 11.8 Å². The first-order chi connectivity index (χ1) is 16.1. The molecule has 4 aromatic rings. The molecule has 0 fully saturated rings. The van der Waals surface area contributed by atoms with Crippen LogP contribution in [0.5, 0.6) is 0 Å². The Morgan fingerprint density at radius 1 is 0.909 bits per heavy atom. The minimum absolute atomic E-state index is 0.293. The summed E-state index contributed by atoms with van der Waals surface area (Å²) in [5.74, 6) is -0.620. The summed E-state index contributed by atoms with van der Waals surface area (Å²) in [6.45, 7) is -0.382. The molecule has 2 aromatic carbocycles. The molecule has 0 saturated carbocycles. The summed E-state index contributed by atoms with van der Waals surface area (Å²) < 4.78 is 5.36. The number of benzene rings is 2. The third kappa shape index (κ3) is 3.99. The molecule has 0 saturated heterocycles. The van der Waals surface area contributed by atoms with Gasteiger partial charge in [-0.15, -0.1) is 0 Å². The second-order valence-corrected chi connectivity index (χ2v) is 7.37. The zero-order valence-corrected chi connectivity index (χ0v) is 17.3. The molecule has 3 amide bonds. The van der Waals surface area contributed by atoms with Crippen molar-refractivity contribution in [1.82, 2.24) is 20.0 Å². The fourth-order valence-corrected chi connectivity index (χ4v) is 3.62. The van der Waals surface area contributed by atoms with Gasteiger partial charge in [-0.2, -0.15) is 4.98 Å². The van der Waals surface area contributed by atoms with Gasteiger partial charge in [0, 0.05) is 23.6 Å². The molecule has 0 atom stereocenters. The average molecular weight is 439 g/mol. The first-order valence-electron chi connectivity index (χ1n) is 10.2. The van der Waals surface area contributed by atoms with Crippen molar-refractivity contribution in [2.75, 3.05) is 11.9 Å². The van der Waals surface area contributed by atoms with Crippen molar-refractivity contribution >= 4 is 23.4 Å². The van der Waals surface area contributed by atoms with Gasteiger partial charge in [0.1, 0.15) is 6.54 Å². The number of nitrogens with zero attached hydrogens (tertiary/aromatic N) is 4. The normalized spacial score (nSPS) is 12.7. The third-order valence-corrected chi connectivity index (χ3v) is 5.22. The quantitative estimate of drug-likeness (QED) is 0.459. The van der Waals surface area contributed by atoms with E-state index >= 15 is 0 Å². The van der Waals surface area contributed by atoms with Crippen molar-refractivity contribution in [3.8, 4) is 11.4 Å². The maximum absolute atomic E-state index is 12.7. The number of imide groups is 1. The van der Waals surface area contributed by atoms with Crippen LogP contribution >= 0.6 is 0 Å². The fourth-order valence-electron chi connectivity index (χ4n) is 3.62. The summed E-state index contributed by atoms with van der Waals surface area (Å²) in [4.78, 5) is 47.0. The number of para-hydroxylation sites is 1. The second-order valence-electron chi connectivity index (χ2n) is 7.37. The van der Waals surface area contributed by atoms with Crippen LogP contribution in [-0.2, 0) is 11.2 Å². The number of carbonyl (C=O) groups is 3. The van der Waals surface area contributed by atoms with Crippen molar-refractivity contribution < 1.29 is 18.9 Å². The van der Waals surface area contributed by atoms with Crippen LogP contribution in [0, 0.1) is 0 Å². The Kier molecular flexibility index (Phi) is 5.19. The van der Waals surface area contributed by atoms with E-state index in [0.717, 1.165) is 16.0 Å². The Labute approximate surface area is 188 Å². The maximum atomic E-state index is 12.7. The van der Waals surface area contributed by atoms with E-state index in [0.29, 0.717) is 35.0 Å². The van der Waals surface area contributed by atoms with Crippen LogP contribution in [0.3, 0.4) is 0 Å². The zero-order chi connectivity index (χ0) is 22.8. The summed E-state index contributed by atoms with van der Waals surface area (Å²) in [5.41, 5.74) is 2.66. The average Bonchev–Trinajstić information content (AvgIpc) is 3.40. The number of nitrogens with one attached hydrogen (secondary N) is 1. The zero-order valence-electron chi connectivity index (χ0n) is 17.3. The van der Waals surface area contributed by atoms with E-state index in [1.165, 1.54) is 0 Å². The van der Waals surface area contributed by atoms with E-state index in [-0.39, 0.29) is 6.54 Å². The van der Waals surface area contributed by atoms with Gasteiger partial charge in [-0.25, -0.2) is 0 Å². The lowest BCUT2D eigenvalue weighted by Gasteiger charge is -2.15. The van der Waals surface area contributed by atoms with Crippen LogP contribution in [0.25, 0.3) is 11.4 Å². The lowest BCUT2D eigenvalue weighted by Crippen LogP contribution is -2.37. The molecule has 0 aliphatic carbocycles. The van der Waals surface area contributed by atoms with Gasteiger partial charge in [0.15, 0.2) is 0 Å². The Bertz CT molecular complexity index is 1330. The van der Waals surface area contributed by atoms with Crippen LogP contribution in [0.2, 0.25) is 0 Å². The number of amides is 3. The number of aromatic nitrogens is 3. The molecule has 162 valence electrons. The van der Waals surface area contributed by atoms with Crippen LogP contribution in [0.15, 0.2) is 77.6 Å². The van der Waals surface area contributed by atoms with Crippen LogP contribution in [-0.4, -0.2) is 44.3 Å². The number of hydrogen-bond acceptors (Lipinski definition) is 7. The largest absolute Gasteiger partial charge is 0.339 e. The van der Waals surface area contributed by atoms with Crippen molar-refractivity contribution in [3.63, 3.8) is 0 Å². The van der Waals surface area contributed by atoms with E-state index in [9.17, 15) is 14.4 Å². The summed E-state index contributed by atoms with van der Waals surface area (Å²) in [6, 6.07) is 17.2. The number of hydrogen-bond donors (Lipinski definition) is 1. The lowest BCUT2D eigenvalue weighted by molar-refractivity contribution is -0.116. The number of rotatable bonds is 6. The highest BCUT2D eigenvalue weighted by molar-refractivity contribution is 6.22. The number of pyridine rings is 1. The first-order valence-corrected chi connectivity index (χ1v) is 10.2. The molecule has 1 N–H and O–H groups in total. The number of fused-ring (bicyclic) bond motifs is 1. The van der Waals surface area contributed by atoms with Gasteiger partial charge in [0.05, 0.1) is 17.5 Å². The molecule has 33 heavy (non-hydrogen) atoms. The third-order valence-electron chi connectivity index (χ3n) is 5.22. The smallest absolute Gasteiger partial charge is 0.262 e. The van der Waals surface area contributed by atoms with E-state index in [1.54, 1.807) is 60.9 Å². The Morgan fingerprint density at radius 2 is 1.58 bits per heavy atom. The predicted molar refractivity (Wildman–Crippen MR) is 117 cm³/mol. The van der Waals surface area contributed by atoms with Crippen molar-refractivity contribution in [2.45, 2.75) is 6.42 Å². The molecule has 0 radical (unpaired) electrons. The number of carbonyl (C=O) groups excluding carboxylic acids is 3. The molecule has 0 spiro atoms. The SMILES string of the molecule is O=C(CN1C(=O)c2ccccc2C1=O)Nc1ccccc1Cc1nc(-c2ccncc2)no1. The van der Waals surface area contributed by atoms with E-state index < -0.39 is 17.7 Å². The molecular weight excluding hydrogens is 422 g/mol. The molecule has 3 heterocycles. The monoisotopic (exact) mass is 439 g/mol. The summed E-state index contributed by atoms with van der Waals surface area (Å²) in [6.07, 6.45) is 3.58. The molecule has 9 nitrogen and oxygen atoms in total. The highest BCUT2D eigenvalue weighted by atomic mass is 16.5. The van der Waals surface area contributed by atoms with E-state index in [2.05, 4.69) is 20.4 Å². The van der Waals surface area contributed by atoms with Crippen molar-refractivity contribution in [1.29, 1.82) is 0 Å². The fraction of sp³-hybridized carbons (Fsp3) is 0.0833. The van der Waals surface area contributed by atoms with Crippen LogP contribution in [0.1, 0.15) is 32.2 Å². The molecule has 2 aromatic heterocycles. The second kappa shape index (κ2) is 8.46. The van der Waals surface area contributed by atoms with Crippen molar-refractivity contribution in [2.24, 2.45) is 0 Å². The Balaban J connectivity index is 1.29. The molecule has 5 rings (SSSR count). The summed E-state index contributed by atoms with van der Waals surface area (Å²) in [7, 11) is 0. The Morgan fingerprint density at radius 3 is 2.30 bits per heavy atom. The Hall–Kier alpha value is -4.66.